The highest BCUT2D eigenvalue weighted by Crippen LogP contribution is 2.08. The second-order valence-electron chi connectivity index (χ2n) is 4.06. The number of carbonyl (C=O) groups excluding carboxylic acids is 1. The molecular weight excluding hydrogens is 192 g/mol. The van der Waals surface area contributed by atoms with Crippen molar-refractivity contribution in [2.75, 3.05) is 26.2 Å². The first-order chi connectivity index (χ1) is 7.24. The molecular formula is C11H22N2O2. The molecule has 2 atom stereocenters. The highest BCUT2D eigenvalue weighted by molar-refractivity contribution is 5.80. The minimum Gasteiger partial charge on any atom is -0.369 e. The molecule has 4 heteroatoms. The molecule has 0 spiro atoms. The van der Waals surface area contributed by atoms with Crippen molar-refractivity contribution >= 4 is 5.91 Å². The average molecular weight is 214 g/mol. The van der Waals surface area contributed by atoms with Crippen LogP contribution in [-0.2, 0) is 9.53 Å². The lowest BCUT2D eigenvalue weighted by molar-refractivity contribution is -0.131. The van der Waals surface area contributed by atoms with Gasteiger partial charge in [0.15, 0.2) is 0 Å². The molecule has 0 radical (unpaired) electrons. The Bertz CT molecular complexity index is 191. The SMILES string of the molecule is CCOC(C)C(=O)NCC1CCCNC1. The quantitative estimate of drug-likeness (QED) is 0.702. The van der Waals surface area contributed by atoms with Gasteiger partial charge in [0.2, 0.25) is 5.91 Å². The Morgan fingerprint density at radius 3 is 3.07 bits per heavy atom. The number of nitrogens with one attached hydrogen (secondary N) is 2. The van der Waals surface area contributed by atoms with Crippen molar-refractivity contribution in [1.82, 2.24) is 10.6 Å². The van der Waals surface area contributed by atoms with Crippen LogP contribution in [0, 0.1) is 5.92 Å². The summed E-state index contributed by atoms with van der Waals surface area (Å²) in [6.07, 6.45) is 2.09. The Morgan fingerprint density at radius 1 is 1.67 bits per heavy atom. The Balaban J connectivity index is 2.14. The molecule has 4 nitrogen and oxygen atoms in total. The van der Waals surface area contributed by atoms with E-state index >= 15 is 0 Å². The number of carbonyl (C=O) groups is 1. The normalized spacial score (nSPS) is 23.5. The number of ether oxygens (including phenoxy) is 1. The molecule has 0 saturated carbocycles. The number of amides is 1. The maximum atomic E-state index is 11.5. The first-order valence-electron chi connectivity index (χ1n) is 5.84. The molecule has 1 aliphatic heterocycles. The van der Waals surface area contributed by atoms with E-state index in [1.165, 1.54) is 12.8 Å². The van der Waals surface area contributed by atoms with Crippen LogP contribution in [0.5, 0.6) is 0 Å². The predicted octanol–water partition coefficient (Wildman–Crippen LogP) is 0.527. The van der Waals surface area contributed by atoms with E-state index in [4.69, 9.17) is 4.74 Å². The van der Waals surface area contributed by atoms with Gasteiger partial charge in [0.25, 0.3) is 0 Å². The van der Waals surface area contributed by atoms with Gasteiger partial charge in [-0.3, -0.25) is 4.79 Å². The van der Waals surface area contributed by atoms with Crippen molar-refractivity contribution in [2.45, 2.75) is 32.8 Å². The molecule has 2 unspecified atom stereocenters. The fraction of sp³-hybridized carbons (Fsp3) is 0.909. The molecule has 1 aliphatic rings. The third-order valence-corrected chi connectivity index (χ3v) is 2.75. The van der Waals surface area contributed by atoms with Gasteiger partial charge in [0, 0.05) is 13.2 Å². The number of rotatable bonds is 5. The fourth-order valence-electron chi connectivity index (χ4n) is 1.81. The molecule has 1 fully saturated rings. The lowest BCUT2D eigenvalue weighted by atomic mass is 10.00. The summed E-state index contributed by atoms with van der Waals surface area (Å²) in [7, 11) is 0. The first-order valence-corrected chi connectivity index (χ1v) is 5.84. The highest BCUT2D eigenvalue weighted by atomic mass is 16.5. The molecule has 2 N–H and O–H groups in total. The molecule has 0 aliphatic carbocycles. The third-order valence-electron chi connectivity index (χ3n) is 2.75. The van der Waals surface area contributed by atoms with Crippen LogP contribution in [0.25, 0.3) is 0 Å². The van der Waals surface area contributed by atoms with E-state index in [-0.39, 0.29) is 12.0 Å². The van der Waals surface area contributed by atoms with E-state index in [2.05, 4.69) is 10.6 Å². The molecule has 0 bridgehead atoms. The summed E-state index contributed by atoms with van der Waals surface area (Å²) in [5.41, 5.74) is 0. The Morgan fingerprint density at radius 2 is 2.47 bits per heavy atom. The molecule has 0 aromatic carbocycles. The zero-order chi connectivity index (χ0) is 11.1. The van der Waals surface area contributed by atoms with Gasteiger partial charge in [-0.1, -0.05) is 0 Å². The lowest BCUT2D eigenvalue weighted by Gasteiger charge is -2.23. The summed E-state index contributed by atoms with van der Waals surface area (Å²) in [5, 5.41) is 6.26. The first kappa shape index (κ1) is 12.5. The molecule has 15 heavy (non-hydrogen) atoms. The smallest absolute Gasteiger partial charge is 0.248 e. The predicted molar refractivity (Wildman–Crippen MR) is 59.7 cm³/mol. The standard InChI is InChI=1S/C11H22N2O2/c1-3-15-9(2)11(14)13-8-10-5-4-6-12-7-10/h9-10,12H,3-8H2,1-2H3,(H,13,14). The van der Waals surface area contributed by atoms with Crippen molar-refractivity contribution in [2.24, 2.45) is 5.92 Å². The summed E-state index contributed by atoms with van der Waals surface area (Å²) in [4.78, 5) is 11.5. The average Bonchev–Trinajstić information content (AvgIpc) is 2.27. The van der Waals surface area contributed by atoms with Gasteiger partial charge >= 0.3 is 0 Å². The third kappa shape index (κ3) is 4.62. The molecule has 1 amide bonds. The van der Waals surface area contributed by atoms with Crippen molar-refractivity contribution in [1.29, 1.82) is 0 Å². The van der Waals surface area contributed by atoms with Gasteiger partial charge < -0.3 is 15.4 Å². The van der Waals surface area contributed by atoms with E-state index < -0.39 is 0 Å². The molecule has 88 valence electrons. The van der Waals surface area contributed by atoms with Crippen molar-refractivity contribution in [3.05, 3.63) is 0 Å². The van der Waals surface area contributed by atoms with Gasteiger partial charge in [-0.15, -0.1) is 0 Å². The molecule has 0 aromatic rings. The topological polar surface area (TPSA) is 50.4 Å². The summed E-state index contributed by atoms with van der Waals surface area (Å²) in [5.74, 6) is 0.582. The zero-order valence-corrected chi connectivity index (χ0v) is 9.71. The maximum Gasteiger partial charge on any atom is 0.248 e. The van der Waals surface area contributed by atoms with Gasteiger partial charge in [-0.25, -0.2) is 0 Å². The summed E-state index contributed by atoms with van der Waals surface area (Å²) in [6.45, 7) is 7.17. The van der Waals surface area contributed by atoms with E-state index in [0.29, 0.717) is 12.5 Å². The van der Waals surface area contributed by atoms with Gasteiger partial charge in [0.05, 0.1) is 0 Å². The minimum absolute atomic E-state index is 0.00224. The van der Waals surface area contributed by atoms with E-state index in [9.17, 15) is 4.79 Å². The van der Waals surface area contributed by atoms with Gasteiger partial charge in [0.1, 0.15) is 6.10 Å². The largest absolute Gasteiger partial charge is 0.369 e. The van der Waals surface area contributed by atoms with Crippen molar-refractivity contribution in [3.63, 3.8) is 0 Å². The van der Waals surface area contributed by atoms with E-state index in [1.54, 1.807) is 6.92 Å². The van der Waals surface area contributed by atoms with Crippen LogP contribution in [0.3, 0.4) is 0 Å². The van der Waals surface area contributed by atoms with Crippen LogP contribution in [0.1, 0.15) is 26.7 Å². The van der Waals surface area contributed by atoms with Crippen LogP contribution in [0.4, 0.5) is 0 Å². The van der Waals surface area contributed by atoms with Gasteiger partial charge in [-0.2, -0.15) is 0 Å². The summed E-state index contributed by atoms with van der Waals surface area (Å²) >= 11 is 0. The summed E-state index contributed by atoms with van der Waals surface area (Å²) < 4.78 is 5.22. The summed E-state index contributed by atoms with van der Waals surface area (Å²) in [6, 6.07) is 0. The second kappa shape index (κ2) is 6.80. The Labute approximate surface area is 91.8 Å². The second-order valence-corrected chi connectivity index (χ2v) is 4.06. The monoisotopic (exact) mass is 214 g/mol. The van der Waals surface area contributed by atoms with Crippen LogP contribution in [-0.4, -0.2) is 38.3 Å². The van der Waals surface area contributed by atoms with E-state index in [0.717, 1.165) is 19.6 Å². The number of piperidine rings is 1. The van der Waals surface area contributed by atoms with Gasteiger partial charge in [-0.05, 0) is 45.7 Å². The van der Waals surface area contributed by atoms with Crippen molar-refractivity contribution < 1.29 is 9.53 Å². The fourth-order valence-corrected chi connectivity index (χ4v) is 1.81. The van der Waals surface area contributed by atoms with Crippen molar-refractivity contribution in [3.8, 4) is 0 Å². The number of hydrogen-bond donors (Lipinski definition) is 2. The lowest BCUT2D eigenvalue weighted by Crippen LogP contribution is -2.41. The molecule has 0 aromatic heterocycles. The number of hydrogen-bond acceptors (Lipinski definition) is 3. The molecule has 1 rings (SSSR count). The minimum atomic E-state index is -0.327. The Hall–Kier alpha value is -0.610. The molecule has 1 saturated heterocycles. The van der Waals surface area contributed by atoms with Crippen LogP contribution in [0.15, 0.2) is 0 Å². The molecule has 1 heterocycles. The van der Waals surface area contributed by atoms with Crippen LogP contribution < -0.4 is 10.6 Å². The van der Waals surface area contributed by atoms with E-state index in [1.807, 2.05) is 6.92 Å². The van der Waals surface area contributed by atoms with Crippen LogP contribution in [0.2, 0.25) is 0 Å². The Kier molecular flexibility index (Phi) is 5.65. The zero-order valence-electron chi connectivity index (χ0n) is 9.71. The maximum absolute atomic E-state index is 11.5. The highest BCUT2D eigenvalue weighted by Gasteiger charge is 2.16. The van der Waals surface area contributed by atoms with Crippen LogP contribution >= 0.6 is 0 Å².